The largest absolute Gasteiger partial charge is 0.393 e. The molecule has 0 bridgehead atoms. The van der Waals surface area contributed by atoms with Gasteiger partial charge in [0.05, 0.1) is 6.10 Å². The van der Waals surface area contributed by atoms with E-state index in [4.69, 9.17) is 23.2 Å². The highest BCUT2D eigenvalue weighted by Crippen LogP contribution is 2.41. The molecular formula is C13H16Cl2O. The predicted molar refractivity (Wildman–Crippen MR) is 68.1 cm³/mol. The minimum absolute atomic E-state index is 0.143. The van der Waals surface area contributed by atoms with Crippen molar-refractivity contribution in [3.8, 4) is 0 Å². The van der Waals surface area contributed by atoms with E-state index in [2.05, 4.69) is 6.92 Å². The van der Waals surface area contributed by atoms with Gasteiger partial charge in [-0.1, -0.05) is 36.2 Å². The summed E-state index contributed by atoms with van der Waals surface area (Å²) >= 11 is 12.0. The fourth-order valence-electron chi connectivity index (χ4n) is 2.57. The molecule has 0 amide bonds. The van der Waals surface area contributed by atoms with Crippen molar-refractivity contribution < 1.29 is 5.11 Å². The Morgan fingerprint density at radius 3 is 2.75 bits per heavy atom. The highest BCUT2D eigenvalue weighted by molar-refractivity contribution is 6.35. The van der Waals surface area contributed by atoms with Gasteiger partial charge >= 0.3 is 0 Å². The number of hydrogen-bond acceptors (Lipinski definition) is 1. The van der Waals surface area contributed by atoms with E-state index in [1.54, 1.807) is 6.07 Å². The Bertz CT molecular complexity index is 392. The molecule has 0 saturated heterocycles. The Labute approximate surface area is 106 Å². The molecule has 0 aromatic heterocycles. The van der Waals surface area contributed by atoms with Gasteiger partial charge < -0.3 is 5.11 Å². The average Bonchev–Trinajstić information content (AvgIpc) is 2.52. The third kappa shape index (κ3) is 2.71. The van der Waals surface area contributed by atoms with Gasteiger partial charge in [-0.15, -0.1) is 0 Å². The SMILES string of the molecule is CC1(Cc2ccc(Cl)cc2Cl)CCC(O)C1. The van der Waals surface area contributed by atoms with Crippen molar-refractivity contribution in [3.63, 3.8) is 0 Å². The Kier molecular flexibility index (Phi) is 3.48. The van der Waals surface area contributed by atoms with Crippen molar-refractivity contribution >= 4 is 23.2 Å². The first-order chi connectivity index (χ1) is 7.48. The summed E-state index contributed by atoms with van der Waals surface area (Å²) < 4.78 is 0. The van der Waals surface area contributed by atoms with Crippen LogP contribution in [-0.2, 0) is 6.42 Å². The number of aliphatic hydroxyl groups is 1. The topological polar surface area (TPSA) is 20.2 Å². The lowest BCUT2D eigenvalue weighted by atomic mass is 9.82. The maximum absolute atomic E-state index is 9.60. The molecule has 1 saturated carbocycles. The first kappa shape index (κ1) is 12.2. The lowest BCUT2D eigenvalue weighted by Crippen LogP contribution is -2.16. The second-order valence-corrected chi connectivity index (χ2v) is 5.96. The van der Waals surface area contributed by atoms with E-state index >= 15 is 0 Å². The van der Waals surface area contributed by atoms with Gasteiger partial charge in [0.25, 0.3) is 0 Å². The van der Waals surface area contributed by atoms with E-state index in [9.17, 15) is 5.11 Å². The summed E-state index contributed by atoms with van der Waals surface area (Å²) in [6, 6.07) is 5.64. The van der Waals surface area contributed by atoms with Crippen LogP contribution in [0.15, 0.2) is 18.2 Å². The normalized spacial score (nSPS) is 29.6. The molecule has 1 aromatic carbocycles. The Morgan fingerprint density at radius 2 is 2.19 bits per heavy atom. The monoisotopic (exact) mass is 258 g/mol. The fourth-order valence-corrected chi connectivity index (χ4v) is 3.05. The van der Waals surface area contributed by atoms with Gasteiger partial charge in [-0.25, -0.2) is 0 Å². The van der Waals surface area contributed by atoms with Crippen LogP contribution in [0, 0.1) is 5.41 Å². The minimum Gasteiger partial charge on any atom is -0.393 e. The lowest BCUT2D eigenvalue weighted by Gasteiger charge is -2.24. The fraction of sp³-hybridized carbons (Fsp3) is 0.538. The number of benzene rings is 1. The van der Waals surface area contributed by atoms with Gasteiger partial charge in [0.1, 0.15) is 0 Å². The summed E-state index contributed by atoms with van der Waals surface area (Å²) in [6.07, 6.45) is 3.61. The maximum Gasteiger partial charge on any atom is 0.0545 e. The summed E-state index contributed by atoms with van der Waals surface area (Å²) in [5, 5.41) is 11.0. The molecule has 3 heteroatoms. The Hall–Kier alpha value is -0.240. The van der Waals surface area contributed by atoms with Crippen LogP contribution in [0.3, 0.4) is 0 Å². The molecule has 0 aliphatic heterocycles. The molecule has 0 heterocycles. The zero-order valence-electron chi connectivity index (χ0n) is 9.34. The van der Waals surface area contributed by atoms with Crippen molar-refractivity contribution in [3.05, 3.63) is 33.8 Å². The standard InChI is InChI=1S/C13H16Cl2O/c1-13(5-4-11(16)8-13)7-9-2-3-10(14)6-12(9)15/h2-3,6,11,16H,4-5,7-8H2,1H3. The van der Waals surface area contributed by atoms with Gasteiger partial charge in [0.2, 0.25) is 0 Å². The van der Waals surface area contributed by atoms with E-state index < -0.39 is 0 Å². The third-order valence-corrected chi connectivity index (χ3v) is 4.03. The van der Waals surface area contributed by atoms with E-state index in [0.717, 1.165) is 36.3 Å². The summed E-state index contributed by atoms with van der Waals surface area (Å²) in [5.41, 5.74) is 1.30. The average molecular weight is 259 g/mol. The summed E-state index contributed by atoms with van der Waals surface area (Å²) in [6.45, 7) is 2.22. The summed E-state index contributed by atoms with van der Waals surface area (Å²) in [4.78, 5) is 0. The van der Waals surface area contributed by atoms with Gasteiger partial charge in [-0.2, -0.15) is 0 Å². The molecule has 1 aromatic rings. The van der Waals surface area contributed by atoms with Gasteiger partial charge in [0, 0.05) is 10.0 Å². The molecule has 1 N–H and O–H groups in total. The molecule has 1 aliphatic carbocycles. The summed E-state index contributed by atoms with van der Waals surface area (Å²) in [5.74, 6) is 0. The molecule has 1 nitrogen and oxygen atoms in total. The number of rotatable bonds is 2. The molecule has 16 heavy (non-hydrogen) atoms. The molecule has 2 atom stereocenters. The van der Waals surface area contributed by atoms with E-state index in [-0.39, 0.29) is 11.5 Å². The third-order valence-electron chi connectivity index (χ3n) is 3.44. The van der Waals surface area contributed by atoms with Gasteiger partial charge in [-0.3, -0.25) is 0 Å². The second kappa shape index (κ2) is 4.56. The van der Waals surface area contributed by atoms with Crippen LogP contribution in [0.5, 0.6) is 0 Å². The van der Waals surface area contributed by atoms with Crippen molar-refractivity contribution in [1.29, 1.82) is 0 Å². The van der Waals surface area contributed by atoms with Crippen LogP contribution >= 0.6 is 23.2 Å². The number of halogens is 2. The maximum atomic E-state index is 9.60. The van der Waals surface area contributed by atoms with E-state index in [0.29, 0.717) is 5.02 Å². The van der Waals surface area contributed by atoms with Crippen LogP contribution in [0.4, 0.5) is 0 Å². The van der Waals surface area contributed by atoms with Crippen molar-refractivity contribution in [2.75, 3.05) is 0 Å². The highest BCUT2D eigenvalue weighted by Gasteiger charge is 2.34. The molecule has 1 aliphatic rings. The zero-order valence-corrected chi connectivity index (χ0v) is 10.9. The molecule has 2 rings (SSSR count). The summed E-state index contributed by atoms with van der Waals surface area (Å²) in [7, 11) is 0. The number of aliphatic hydroxyl groups excluding tert-OH is 1. The first-order valence-electron chi connectivity index (χ1n) is 5.60. The van der Waals surface area contributed by atoms with E-state index in [1.165, 1.54) is 0 Å². The van der Waals surface area contributed by atoms with Crippen LogP contribution in [0.2, 0.25) is 10.0 Å². The van der Waals surface area contributed by atoms with Crippen LogP contribution in [0.25, 0.3) is 0 Å². The van der Waals surface area contributed by atoms with Crippen molar-refractivity contribution in [1.82, 2.24) is 0 Å². The van der Waals surface area contributed by atoms with Crippen LogP contribution in [0.1, 0.15) is 31.7 Å². The van der Waals surface area contributed by atoms with Gasteiger partial charge in [-0.05, 0) is 48.8 Å². The highest BCUT2D eigenvalue weighted by atomic mass is 35.5. The smallest absolute Gasteiger partial charge is 0.0545 e. The van der Waals surface area contributed by atoms with Crippen molar-refractivity contribution in [2.24, 2.45) is 5.41 Å². The predicted octanol–water partition coefficient (Wildman–Crippen LogP) is 4.09. The molecule has 1 fully saturated rings. The van der Waals surface area contributed by atoms with Crippen molar-refractivity contribution in [2.45, 2.75) is 38.7 Å². The Morgan fingerprint density at radius 1 is 1.44 bits per heavy atom. The minimum atomic E-state index is -0.143. The zero-order chi connectivity index (χ0) is 11.8. The molecule has 0 radical (unpaired) electrons. The quantitative estimate of drug-likeness (QED) is 0.848. The van der Waals surface area contributed by atoms with Crippen LogP contribution in [-0.4, -0.2) is 11.2 Å². The lowest BCUT2D eigenvalue weighted by molar-refractivity contribution is 0.163. The molecule has 88 valence electrons. The number of hydrogen-bond donors (Lipinski definition) is 1. The Balaban J connectivity index is 2.14. The molecule has 0 spiro atoms. The second-order valence-electron chi connectivity index (χ2n) is 5.12. The molecular weight excluding hydrogens is 243 g/mol. The first-order valence-corrected chi connectivity index (χ1v) is 6.36. The van der Waals surface area contributed by atoms with Gasteiger partial charge in [0.15, 0.2) is 0 Å². The molecule has 2 unspecified atom stereocenters. The van der Waals surface area contributed by atoms with Crippen LogP contribution < -0.4 is 0 Å². The van der Waals surface area contributed by atoms with E-state index in [1.807, 2.05) is 12.1 Å².